The molecule has 2 aromatic rings. The molecule has 6 heteroatoms. The number of amides is 1. The Balaban J connectivity index is 1.89. The molecule has 1 aromatic heterocycles. The molecule has 5 nitrogen and oxygen atoms in total. The van der Waals surface area contributed by atoms with E-state index < -0.39 is 0 Å². The second-order valence-electron chi connectivity index (χ2n) is 4.87. The van der Waals surface area contributed by atoms with Crippen LogP contribution in [-0.4, -0.2) is 22.6 Å². The molecule has 1 unspecified atom stereocenters. The Bertz CT molecular complexity index is 595. The molecular formula is C15H18ClN3O2. The third kappa shape index (κ3) is 4.29. The van der Waals surface area contributed by atoms with Gasteiger partial charge in [0.15, 0.2) is 0 Å². The predicted octanol–water partition coefficient (Wildman–Crippen LogP) is 3.09. The van der Waals surface area contributed by atoms with Crippen LogP contribution in [0, 0.1) is 5.92 Å². The summed E-state index contributed by atoms with van der Waals surface area (Å²) in [6.45, 7) is 4.38. The highest BCUT2D eigenvalue weighted by atomic mass is 35.5. The van der Waals surface area contributed by atoms with Gasteiger partial charge in [-0.05, 0) is 30.7 Å². The number of nitrogens with one attached hydrogen (secondary N) is 1. The summed E-state index contributed by atoms with van der Waals surface area (Å²) in [6, 6.07) is 7.22. The van der Waals surface area contributed by atoms with Crippen LogP contribution in [0.2, 0.25) is 5.02 Å². The van der Waals surface area contributed by atoms with Gasteiger partial charge in [0.05, 0.1) is 0 Å². The molecule has 2 rings (SSSR count). The Morgan fingerprint density at radius 2 is 2.10 bits per heavy atom. The van der Waals surface area contributed by atoms with Crippen molar-refractivity contribution in [2.45, 2.75) is 26.7 Å². The fraction of sp³-hybridized carbons (Fsp3) is 0.400. The molecular weight excluding hydrogens is 290 g/mol. The molecule has 0 aliphatic rings. The summed E-state index contributed by atoms with van der Waals surface area (Å²) in [4.78, 5) is 15.9. The highest BCUT2D eigenvalue weighted by Crippen LogP contribution is 2.18. The molecule has 0 bridgehead atoms. The summed E-state index contributed by atoms with van der Waals surface area (Å²) in [7, 11) is 0. The standard InChI is InChI=1S/C15H18ClN3O2/c1-3-10(2)15(20)17-9-8-13-18-14(19-21-13)11-4-6-12(16)7-5-11/h4-7,10H,3,8-9H2,1-2H3,(H,17,20). The summed E-state index contributed by atoms with van der Waals surface area (Å²) in [5.41, 5.74) is 0.845. The number of rotatable bonds is 6. The van der Waals surface area contributed by atoms with Crippen molar-refractivity contribution in [2.24, 2.45) is 5.92 Å². The van der Waals surface area contributed by atoms with Crippen molar-refractivity contribution in [3.05, 3.63) is 35.2 Å². The number of halogens is 1. The summed E-state index contributed by atoms with van der Waals surface area (Å²) < 4.78 is 5.17. The van der Waals surface area contributed by atoms with Crippen molar-refractivity contribution in [3.63, 3.8) is 0 Å². The molecule has 1 atom stereocenters. The number of hydrogen-bond acceptors (Lipinski definition) is 4. The van der Waals surface area contributed by atoms with Gasteiger partial charge in [0, 0.05) is 29.5 Å². The van der Waals surface area contributed by atoms with Gasteiger partial charge in [-0.3, -0.25) is 4.79 Å². The Labute approximate surface area is 128 Å². The number of benzene rings is 1. The molecule has 0 radical (unpaired) electrons. The first kappa shape index (κ1) is 15.5. The van der Waals surface area contributed by atoms with Gasteiger partial charge in [-0.15, -0.1) is 0 Å². The van der Waals surface area contributed by atoms with E-state index in [9.17, 15) is 4.79 Å². The minimum atomic E-state index is 0.0253. The molecule has 112 valence electrons. The number of hydrogen-bond donors (Lipinski definition) is 1. The Morgan fingerprint density at radius 1 is 1.38 bits per heavy atom. The average molecular weight is 308 g/mol. The molecule has 1 heterocycles. The second kappa shape index (κ2) is 7.22. The lowest BCUT2D eigenvalue weighted by Gasteiger charge is -2.08. The van der Waals surface area contributed by atoms with Crippen molar-refractivity contribution in [2.75, 3.05) is 6.54 Å². The maximum atomic E-state index is 11.6. The molecule has 0 spiro atoms. The first-order chi connectivity index (χ1) is 10.1. The van der Waals surface area contributed by atoms with Crippen LogP contribution >= 0.6 is 11.6 Å². The van der Waals surface area contributed by atoms with Gasteiger partial charge in [0.25, 0.3) is 0 Å². The average Bonchev–Trinajstić information content (AvgIpc) is 2.95. The summed E-state index contributed by atoms with van der Waals surface area (Å²) in [6.07, 6.45) is 1.34. The number of aromatic nitrogens is 2. The first-order valence-corrected chi connectivity index (χ1v) is 7.34. The lowest BCUT2D eigenvalue weighted by molar-refractivity contribution is -0.124. The van der Waals surface area contributed by atoms with E-state index in [0.29, 0.717) is 29.7 Å². The maximum Gasteiger partial charge on any atom is 0.228 e. The van der Waals surface area contributed by atoms with E-state index in [4.69, 9.17) is 16.1 Å². The molecule has 1 N–H and O–H groups in total. The SMILES string of the molecule is CCC(C)C(=O)NCCc1nc(-c2ccc(Cl)cc2)no1. The van der Waals surface area contributed by atoms with Crippen molar-refractivity contribution >= 4 is 17.5 Å². The summed E-state index contributed by atoms with van der Waals surface area (Å²) >= 11 is 5.84. The molecule has 0 saturated carbocycles. The zero-order chi connectivity index (χ0) is 15.2. The number of carbonyl (C=O) groups excluding carboxylic acids is 1. The van der Waals surface area contributed by atoms with Crippen molar-refractivity contribution in [1.29, 1.82) is 0 Å². The summed E-state index contributed by atoms with van der Waals surface area (Å²) in [5, 5.41) is 7.44. The van der Waals surface area contributed by atoms with Crippen LogP contribution in [-0.2, 0) is 11.2 Å². The molecule has 1 amide bonds. The van der Waals surface area contributed by atoms with Crippen molar-refractivity contribution in [1.82, 2.24) is 15.5 Å². The van der Waals surface area contributed by atoms with Gasteiger partial charge in [-0.25, -0.2) is 0 Å². The van der Waals surface area contributed by atoms with E-state index in [0.717, 1.165) is 12.0 Å². The largest absolute Gasteiger partial charge is 0.355 e. The van der Waals surface area contributed by atoms with Gasteiger partial charge < -0.3 is 9.84 Å². The zero-order valence-electron chi connectivity index (χ0n) is 12.1. The van der Waals surface area contributed by atoms with Gasteiger partial charge in [-0.1, -0.05) is 30.6 Å². The highest BCUT2D eigenvalue weighted by molar-refractivity contribution is 6.30. The molecule has 0 aliphatic heterocycles. The smallest absolute Gasteiger partial charge is 0.228 e. The second-order valence-corrected chi connectivity index (χ2v) is 5.31. The van der Waals surface area contributed by atoms with E-state index in [1.54, 1.807) is 12.1 Å². The fourth-order valence-electron chi connectivity index (χ4n) is 1.72. The Hall–Kier alpha value is -1.88. The highest BCUT2D eigenvalue weighted by Gasteiger charge is 2.11. The lowest BCUT2D eigenvalue weighted by Crippen LogP contribution is -2.30. The molecule has 1 aromatic carbocycles. The van der Waals surface area contributed by atoms with Crippen LogP contribution in [0.1, 0.15) is 26.2 Å². The zero-order valence-corrected chi connectivity index (χ0v) is 12.9. The van der Waals surface area contributed by atoms with E-state index >= 15 is 0 Å². The van der Waals surface area contributed by atoms with Crippen LogP contribution < -0.4 is 5.32 Å². The van der Waals surface area contributed by atoms with Crippen LogP contribution in [0.15, 0.2) is 28.8 Å². The maximum absolute atomic E-state index is 11.6. The minimum absolute atomic E-state index is 0.0253. The quantitative estimate of drug-likeness (QED) is 0.890. The summed E-state index contributed by atoms with van der Waals surface area (Å²) in [5.74, 6) is 1.10. The van der Waals surface area contributed by atoms with Gasteiger partial charge >= 0.3 is 0 Å². The topological polar surface area (TPSA) is 68.0 Å². The van der Waals surface area contributed by atoms with E-state index in [1.165, 1.54) is 0 Å². The normalized spacial score (nSPS) is 12.1. The van der Waals surface area contributed by atoms with Gasteiger partial charge in [0.2, 0.25) is 17.6 Å². The predicted molar refractivity (Wildman–Crippen MR) is 80.9 cm³/mol. The third-order valence-corrected chi connectivity index (χ3v) is 3.52. The van der Waals surface area contributed by atoms with Crippen LogP contribution in [0.3, 0.4) is 0 Å². The molecule has 0 fully saturated rings. The van der Waals surface area contributed by atoms with Crippen LogP contribution in [0.4, 0.5) is 0 Å². The van der Waals surface area contributed by atoms with E-state index in [1.807, 2.05) is 26.0 Å². The van der Waals surface area contributed by atoms with E-state index in [-0.39, 0.29) is 11.8 Å². The van der Waals surface area contributed by atoms with E-state index in [2.05, 4.69) is 15.5 Å². The monoisotopic (exact) mass is 307 g/mol. The Morgan fingerprint density at radius 3 is 2.76 bits per heavy atom. The molecule has 0 saturated heterocycles. The first-order valence-electron chi connectivity index (χ1n) is 6.96. The molecule has 0 aliphatic carbocycles. The Kier molecular flexibility index (Phi) is 5.33. The lowest BCUT2D eigenvalue weighted by atomic mass is 10.1. The van der Waals surface area contributed by atoms with Crippen LogP contribution in [0.5, 0.6) is 0 Å². The molecule has 21 heavy (non-hydrogen) atoms. The third-order valence-electron chi connectivity index (χ3n) is 3.27. The van der Waals surface area contributed by atoms with Gasteiger partial charge in [-0.2, -0.15) is 4.98 Å². The van der Waals surface area contributed by atoms with Gasteiger partial charge in [0.1, 0.15) is 0 Å². The van der Waals surface area contributed by atoms with Crippen molar-refractivity contribution in [3.8, 4) is 11.4 Å². The fourth-order valence-corrected chi connectivity index (χ4v) is 1.85. The number of nitrogens with zero attached hydrogens (tertiary/aromatic N) is 2. The number of carbonyl (C=O) groups is 1. The van der Waals surface area contributed by atoms with Crippen molar-refractivity contribution < 1.29 is 9.32 Å². The minimum Gasteiger partial charge on any atom is -0.355 e. The van der Waals surface area contributed by atoms with Crippen LogP contribution in [0.25, 0.3) is 11.4 Å².